The lowest BCUT2D eigenvalue weighted by Gasteiger charge is -1.93. The lowest BCUT2D eigenvalue weighted by atomic mass is 10.3. The second-order valence-electron chi connectivity index (χ2n) is 1.82. The molecule has 0 fully saturated rings. The Bertz CT molecular complexity index is 270. The molecular weight excluding hydrogens is 279 g/mol. The molecule has 1 aromatic rings. The minimum atomic E-state index is -0.345. The molecule has 0 bridgehead atoms. The molecule has 0 saturated heterocycles. The highest BCUT2D eigenvalue weighted by atomic mass is 127. The van der Waals surface area contributed by atoms with E-state index >= 15 is 0 Å². The SMILES string of the molecule is F/C(=C/I)c1ccc(Cl)cn1. The van der Waals surface area contributed by atoms with Crippen LogP contribution in [0.5, 0.6) is 0 Å². The third kappa shape index (κ3) is 2.41. The molecule has 4 heteroatoms. The minimum absolute atomic E-state index is 0.309. The van der Waals surface area contributed by atoms with E-state index in [1.54, 1.807) is 6.07 Å². The van der Waals surface area contributed by atoms with Crippen LogP contribution in [0.25, 0.3) is 5.83 Å². The average molecular weight is 283 g/mol. The Morgan fingerprint density at radius 2 is 2.36 bits per heavy atom. The Labute approximate surface area is 82.4 Å². The molecule has 0 N–H and O–H groups in total. The van der Waals surface area contributed by atoms with E-state index in [0.29, 0.717) is 10.7 Å². The summed E-state index contributed by atoms with van der Waals surface area (Å²) in [5.74, 6) is -0.345. The summed E-state index contributed by atoms with van der Waals surface area (Å²) in [4.78, 5) is 3.77. The molecule has 1 nitrogen and oxygen atoms in total. The number of aromatic nitrogens is 1. The van der Waals surface area contributed by atoms with E-state index in [1.165, 1.54) is 16.3 Å². The van der Waals surface area contributed by atoms with Gasteiger partial charge in [-0.25, -0.2) is 4.39 Å². The Hall–Kier alpha value is -0.160. The van der Waals surface area contributed by atoms with Crippen LogP contribution in [0, 0.1) is 0 Å². The van der Waals surface area contributed by atoms with Crippen molar-refractivity contribution in [3.63, 3.8) is 0 Å². The van der Waals surface area contributed by atoms with Gasteiger partial charge in [0.15, 0.2) is 5.83 Å². The van der Waals surface area contributed by atoms with Crippen LogP contribution in [0.1, 0.15) is 5.69 Å². The second kappa shape index (κ2) is 4.01. The lowest BCUT2D eigenvalue weighted by Crippen LogP contribution is -1.81. The maximum atomic E-state index is 12.7. The number of rotatable bonds is 1. The summed E-state index contributed by atoms with van der Waals surface area (Å²) >= 11 is 7.37. The summed E-state index contributed by atoms with van der Waals surface area (Å²) in [6.45, 7) is 0. The molecule has 0 aliphatic carbocycles. The van der Waals surface area contributed by atoms with Gasteiger partial charge in [0.2, 0.25) is 0 Å². The predicted molar refractivity (Wildman–Crippen MR) is 52.4 cm³/mol. The standard InChI is InChI=1S/C7H4ClFIN/c8-5-1-2-7(11-4-5)6(9)3-10/h1-4H/b6-3+. The largest absolute Gasteiger partial charge is 0.252 e. The number of pyridine rings is 1. The van der Waals surface area contributed by atoms with Crippen molar-refractivity contribution in [2.45, 2.75) is 0 Å². The van der Waals surface area contributed by atoms with Crippen molar-refractivity contribution in [2.24, 2.45) is 0 Å². The van der Waals surface area contributed by atoms with Crippen LogP contribution in [0.4, 0.5) is 4.39 Å². The normalized spacial score (nSPS) is 11.7. The Kier molecular flexibility index (Phi) is 3.26. The molecule has 11 heavy (non-hydrogen) atoms. The molecule has 0 amide bonds. The average Bonchev–Trinajstić information content (AvgIpc) is 2.05. The number of hydrogen-bond donors (Lipinski definition) is 0. The highest BCUT2D eigenvalue weighted by Gasteiger charge is 1.98. The van der Waals surface area contributed by atoms with Crippen LogP contribution in [0.15, 0.2) is 22.4 Å². The van der Waals surface area contributed by atoms with Crippen molar-refractivity contribution in [1.82, 2.24) is 4.98 Å². The summed E-state index contributed by atoms with van der Waals surface area (Å²) in [5, 5.41) is 0.509. The molecule has 0 aliphatic rings. The monoisotopic (exact) mass is 283 g/mol. The van der Waals surface area contributed by atoms with Crippen LogP contribution in [-0.4, -0.2) is 4.98 Å². The van der Waals surface area contributed by atoms with Gasteiger partial charge in [0, 0.05) is 10.3 Å². The summed E-state index contributed by atoms with van der Waals surface area (Å²) in [5.41, 5.74) is 0.309. The number of hydrogen-bond acceptors (Lipinski definition) is 1. The summed E-state index contributed by atoms with van der Waals surface area (Å²) in [6.07, 6.45) is 1.41. The van der Waals surface area contributed by atoms with E-state index in [4.69, 9.17) is 11.6 Å². The van der Waals surface area contributed by atoms with Crippen molar-refractivity contribution >= 4 is 40.0 Å². The zero-order valence-corrected chi connectivity index (χ0v) is 8.30. The fourth-order valence-electron chi connectivity index (χ4n) is 0.573. The number of halogens is 3. The fraction of sp³-hybridized carbons (Fsp3) is 0. The lowest BCUT2D eigenvalue weighted by molar-refractivity contribution is 0.755. The minimum Gasteiger partial charge on any atom is -0.252 e. The quantitative estimate of drug-likeness (QED) is 0.720. The van der Waals surface area contributed by atoms with Crippen molar-refractivity contribution in [1.29, 1.82) is 0 Å². The van der Waals surface area contributed by atoms with E-state index in [-0.39, 0.29) is 5.83 Å². The fourth-order valence-corrected chi connectivity index (χ4v) is 1.00. The van der Waals surface area contributed by atoms with E-state index in [9.17, 15) is 4.39 Å². The molecule has 0 saturated carbocycles. The van der Waals surface area contributed by atoms with Gasteiger partial charge in [-0.2, -0.15) is 0 Å². The number of nitrogens with zero attached hydrogens (tertiary/aromatic N) is 1. The van der Waals surface area contributed by atoms with E-state index in [2.05, 4.69) is 4.98 Å². The Balaban J connectivity index is 2.99. The van der Waals surface area contributed by atoms with Gasteiger partial charge in [-0.15, -0.1) is 0 Å². The molecule has 1 rings (SSSR count). The zero-order valence-electron chi connectivity index (χ0n) is 5.39. The first-order valence-corrected chi connectivity index (χ1v) is 4.44. The van der Waals surface area contributed by atoms with Gasteiger partial charge in [0.05, 0.1) is 10.7 Å². The first-order valence-electron chi connectivity index (χ1n) is 2.82. The van der Waals surface area contributed by atoms with Crippen LogP contribution in [0.2, 0.25) is 5.02 Å². The molecule has 0 atom stereocenters. The van der Waals surface area contributed by atoms with E-state index in [1.807, 2.05) is 22.6 Å². The smallest absolute Gasteiger partial charge is 0.154 e. The van der Waals surface area contributed by atoms with Crippen LogP contribution >= 0.6 is 34.2 Å². The summed E-state index contributed by atoms with van der Waals surface area (Å²) in [6, 6.07) is 3.14. The van der Waals surface area contributed by atoms with Gasteiger partial charge in [-0.3, -0.25) is 4.98 Å². The topological polar surface area (TPSA) is 12.9 Å². The van der Waals surface area contributed by atoms with Gasteiger partial charge in [0.1, 0.15) is 0 Å². The van der Waals surface area contributed by atoms with Crippen molar-refractivity contribution in [3.8, 4) is 0 Å². The molecule has 58 valence electrons. The summed E-state index contributed by atoms with van der Waals surface area (Å²) < 4.78 is 14.1. The highest BCUT2D eigenvalue weighted by Crippen LogP contribution is 2.16. The van der Waals surface area contributed by atoms with Gasteiger partial charge in [0.25, 0.3) is 0 Å². The second-order valence-corrected chi connectivity index (χ2v) is 2.88. The van der Waals surface area contributed by atoms with Gasteiger partial charge < -0.3 is 0 Å². The highest BCUT2D eigenvalue weighted by molar-refractivity contribution is 14.1. The van der Waals surface area contributed by atoms with Crippen molar-refractivity contribution in [3.05, 3.63) is 33.1 Å². The Morgan fingerprint density at radius 1 is 1.64 bits per heavy atom. The first kappa shape index (κ1) is 8.93. The van der Waals surface area contributed by atoms with Crippen LogP contribution in [-0.2, 0) is 0 Å². The molecular formula is C7H4ClFIN. The van der Waals surface area contributed by atoms with E-state index in [0.717, 1.165) is 0 Å². The molecule has 0 aliphatic heterocycles. The summed E-state index contributed by atoms with van der Waals surface area (Å²) in [7, 11) is 0. The van der Waals surface area contributed by atoms with Gasteiger partial charge in [-0.1, -0.05) is 11.6 Å². The van der Waals surface area contributed by atoms with Gasteiger partial charge in [-0.05, 0) is 34.7 Å². The van der Waals surface area contributed by atoms with Crippen molar-refractivity contribution in [2.75, 3.05) is 0 Å². The molecule has 0 radical (unpaired) electrons. The molecule has 1 heterocycles. The predicted octanol–water partition coefficient (Wildman–Crippen LogP) is 3.44. The van der Waals surface area contributed by atoms with Crippen LogP contribution in [0.3, 0.4) is 0 Å². The molecule has 0 spiro atoms. The molecule has 1 aromatic heterocycles. The van der Waals surface area contributed by atoms with Gasteiger partial charge >= 0.3 is 0 Å². The molecule has 0 aromatic carbocycles. The maximum Gasteiger partial charge on any atom is 0.154 e. The van der Waals surface area contributed by atoms with Crippen molar-refractivity contribution < 1.29 is 4.39 Å². The third-order valence-corrected chi connectivity index (χ3v) is 1.84. The Morgan fingerprint density at radius 3 is 2.82 bits per heavy atom. The van der Waals surface area contributed by atoms with E-state index < -0.39 is 0 Å². The first-order chi connectivity index (χ1) is 5.24. The van der Waals surface area contributed by atoms with Crippen LogP contribution < -0.4 is 0 Å². The zero-order chi connectivity index (χ0) is 8.27. The third-order valence-electron chi connectivity index (χ3n) is 1.07. The molecule has 0 unspecified atom stereocenters. The maximum absolute atomic E-state index is 12.7.